The summed E-state index contributed by atoms with van der Waals surface area (Å²) in [5, 5.41) is 8.39. The van der Waals surface area contributed by atoms with Gasteiger partial charge in [0, 0.05) is 100 Å². The molecule has 2 saturated heterocycles. The van der Waals surface area contributed by atoms with Crippen LogP contribution in [0.2, 0.25) is 0 Å². The van der Waals surface area contributed by atoms with Crippen molar-refractivity contribution in [2.24, 2.45) is 29.1 Å². The fraction of sp³-hybridized carbons (Fsp3) is 0.818. The van der Waals surface area contributed by atoms with Crippen molar-refractivity contribution in [1.82, 2.24) is 60.0 Å². The van der Waals surface area contributed by atoms with E-state index in [1.807, 2.05) is 26.8 Å². The number of fused-ring (bicyclic) bond motifs is 3. The summed E-state index contributed by atoms with van der Waals surface area (Å²) in [6.07, 6.45) is 10.7. The van der Waals surface area contributed by atoms with Gasteiger partial charge in [0.15, 0.2) is 0 Å². The highest BCUT2D eigenvalue weighted by Gasteiger charge is 2.60. The van der Waals surface area contributed by atoms with Crippen LogP contribution in [0.5, 0.6) is 0 Å². The number of alkyl halides is 4. The minimum Gasteiger partial charge on any atom is -0.382 e. The van der Waals surface area contributed by atoms with Crippen LogP contribution in [0.25, 0.3) is 0 Å². The summed E-state index contributed by atoms with van der Waals surface area (Å²) >= 11 is 13.4. The van der Waals surface area contributed by atoms with E-state index < -0.39 is 198 Å². The molecule has 0 aromatic rings. The van der Waals surface area contributed by atoms with Crippen molar-refractivity contribution < 1.29 is 75.8 Å². The molecule has 26 nitrogen and oxygen atoms in total. The van der Waals surface area contributed by atoms with E-state index >= 15 is 33.6 Å². The van der Waals surface area contributed by atoms with Gasteiger partial charge in [-0.25, -0.2) is 8.78 Å². The molecule has 0 radical (unpaired) electrons. The molecule has 12 amide bonds. The van der Waals surface area contributed by atoms with Gasteiger partial charge < -0.3 is 69.5 Å². The lowest BCUT2D eigenvalue weighted by atomic mass is 9.58. The summed E-state index contributed by atoms with van der Waals surface area (Å²) in [4.78, 5) is 195. The Morgan fingerprint density at radius 1 is 0.664 bits per heavy atom. The number of halogens is 4. The molecular formula is C77H120Cl2F2N12O14. The van der Waals surface area contributed by atoms with E-state index in [1.54, 1.807) is 13.0 Å². The van der Waals surface area contributed by atoms with Crippen LogP contribution in [-0.2, 0) is 67.0 Å². The normalized spacial score (nSPS) is 32.4. The van der Waals surface area contributed by atoms with Gasteiger partial charge in [0.05, 0.1) is 37.2 Å². The van der Waals surface area contributed by atoms with Crippen molar-refractivity contribution in [1.29, 1.82) is 0 Å². The summed E-state index contributed by atoms with van der Waals surface area (Å²) in [7, 11) is 11.4. The molecule has 3 unspecified atom stereocenters. The van der Waals surface area contributed by atoms with Crippen LogP contribution in [0.4, 0.5) is 8.78 Å². The van der Waals surface area contributed by atoms with Crippen molar-refractivity contribution in [3.8, 4) is 0 Å². The monoisotopic (exact) mass is 1540 g/mol. The van der Waals surface area contributed by atoms with Crippen LogP contribution in [0.1, 0.15) is 195 Å². The maximum absolute atomic E-state index is 15.9. The molecule has 13 atom stereocenters. The van der Waals surface area contributed by atoms with Gasteiger partial charge in [0.2, 0.25) is 76.8 Å². The zero-order valence-electron chi connectivity index (χ0n) is 65.1. The van der Waals surface area contributed by atoms with Crippen LogP contribution in [-0.4, -0.2) is 293 Å². The first-order valence-corrected chi connectivity index (χ1v) is 40.2. The number of amides is 12. The molecule has 0 aromatic heterocycles. The summed E-state index contributed by atoms with van der Waals surface area (Å²) in [5.41, 5.74) is -2.11. The number of likely N-dealkylation sites (N-methyl/N-ethyl adjacent to an activating group) is 6. The van der Waals surface area contributed by atoms with E-state index in [1.165, 1.54) is 90.7 Å². The molecule has 3 heterocycles. The lowest BCUT2D eigenvalue weighted by Crippen LogP contribution is -2.71. The largest absolute Gasteiger partial charge is 0.382 e. The Labute approximate surface area is 640 Å². The molecule has 6 saturated carbocycles. The third-order valence-corrected chi connectivity index (χ3v) is 25.9. The minimum absolute atomic E-state index is 0.00412. The Kier molecular flexibility index (Phi) is 28.7. The smallest absolute Gasteiger partial charge is 0.248 e. The second-order valence-corrected chi connectivity index (χ2v) is 34.8. The maximum atomic E-state index is 15.9. The average molecular weight is 1550 g/mol. The zero-order chi connectivity index (χ0) is 78.3. The fourth-order valence-electron chi connectivity index (χ4n) is 17.8. The second kappa shape index (κ2) is 36.3. The predicted molar refractivity (Wildman–Crippen MR) is 397 cm³/mol. The van der Waals surface area contributed by atoms with E-state index in [2.05, 4.69) is 16.0 Å². The van der Waals surface area contributed by atoms with Crippen LogP contribution in [0, 0.1) is 29.1 Å². The van der Waals surface area contributed by atoms with Crippen LogP contribution in [0.15, 0.2) is 12.2 Å². The molecule has 600 valence electrons. The van der Waals surface area contributed by atoms with E-state index in [0.717, 1.165) is 41.9 Å². The molecule has 107 heavy (non-hydrogen) atoms. The molecule has 9 aliphatic rings. The van der Waals surface area contributed by atoms with Gasteiger partial charge in [-0.15, -0.1) is 23.2 Å². The lowest BCUT2D eigenvalue weighted by Gasteiger charge is -2.54. The first-order chi connectivity index (χ1) is 50.5. The van der Waals surface area contributed by atoms with Gasteiger partial charge in [-0.05, 0) is 151 Å². The summed E-state index contributed by atoms with van der Waals surface area (Å²) in [6.45, 7) is 5.91. The van der Waals surface area contributed by atoms with E-state index in [0.29, 0.717) is 57.8 Å². The van der Waals surface area contributed by atoms with Crippen molar-refractivity contribution in [3.63, 3.8) is 0 Å². The quantitative estimate of drug-likeness (QED) is 0.136. The molecular weight excluding hydrogens is 1430 g/mol. The molecule has 3 N–H and O–H groups in total. The third-order valence-electron chi connectivity index (χ3n) is 24.8. The highest BCUT2D eigenvalue weighted by molar-refractivity contribution is 6.30. The first-order valence-electron chi connectivity index (χ1n) is 39.3. The van der Waals surface area contributed by atoms with Gasteiger partial charge in [-0.1, -0.05) is 59.1 Å². The number of rotatable bonds is 14. The molecule has 9 rings (SSSR count). The van der Waals surface area contributed by atoms with Gasteiger partial charge in [0.25, 0.3) is 0 Å². The molecule has 0 aromatic carbocycles. The van der Waals surface area contributed by atoms with E-state index in [-0.39, 0.29) is 100 Å². The van der Waals surface area contributed by atoms with Gasteiger partial charge in [-0.3, -0.25) is 57.5 Å². The van der Waals surface area contributed by atoms with Crippen molar-refractivity contribution in [2.75, 3.05) is 89.2 Å². The highest BCUT2D eigenvalue weighted by atomic mass is 35.5. The lowest BCUT2D eigenvalue weighted by molar-refractivity contribution is -0.161. The van der Waals surface area contributed by atoms with Gasteiger partial charge in [0.1, 0.15) is 60.4 Å². The number of nitrogens with zero attached hydrogens (tertiary/aromatic N) is 9. The van der Waals surface area contributed by atoms with Gasteiger partial charge in [-0.2, -0.15) is 0 Å². The molecule has 3 aliphatic heterocycles. The number of nitrogens with one attached hydrogen (secondary N) is 3. The molecule has 2 bridgehead atoms. The Morgan fingerprint density at radius 3 is 1.93 bits per heavy atom. The van der Waals surface area contributed by atoms with Crippen molar-refractivity contribution >= 4 is 94.1 Å². The Balaban J connectivity index is 1.12. The number of carbonyl (C=O) groups excluding carboxylic acids is 12. The Hall–Kier alpha value is -6.26. The molecule has 1 spiro atoms. The van der Waals surface area contributed by atoms with Crippen LogP contribution >= 0.6 is 23.2 Å². The SMILES string of the molecule is CC[C@H](C)[C@@H]1NC(=O)[C@H](COC)N(C)C(=O)C[C@@H](C(=O)N(C)C)N(C)C(=O)[C@H](C2CCCC2)N(C)C(=O)C2(CC(C)(C)C2)NC(=O)[C@@H]2C[C@@H](OC3CCC3)CN2C(=O)[C@H](CCC2CCC(Cl)C(Cl)C2)NC(=O)CN(C)C(=O)[C@H](CC2CCC(F)(F)CC2)N2CC/C=C\C[C@@H](C2=O)N(C)C(=O)CN(C2CC2)C1=O. The topological polar surface area (TPSA) is 289 Å². The van der Waals surface area contributed by atoms with Crippen molar-refractivity contribution in [2.45, 2.75) is 283 Å². The standard InChI is InChI=1S/C77H120Cl2F2N12O14/c1-13-46(2)64-72(103)92(50-27-28-50)42-63(96)87(8)56-24-15-14-18-35-91(71(56)102)59(37-48-31-33-77(80,81)34-32-48)70(101)86(7)41-61(94)82-55(30-26-47-25-29-53(78)54(79)36-47)68(99)93-40-52(107-51-22-19-23-51)38-57(93)67(98)84-76(44-75(3,4)45-76)74(105)90(11)65(49-20-16-17-21-49)73(104)89(10)58(69(100)85(5)6)39-62(95)88(9)60(43-106-12)66(97)83-64/h14-15,46-60,64-65H,13,16-45H2,1-12H3,(H,82,94)(H,83,97)(H,84,98)/b15-14-/t46-,47?,52+,53?,54?,55-,56-,57-,58-,59-,60-,64-,65-/m0/s1. The Bertz CT molecular complexity index is 3260. The number of hydrogen-bond donors (Lipinski definition) is 3. The van der Waals surface area contributed by atoms with Crippen LogP contribution in [0.3, 0.4) is 0 Å². The predicted octanol–water partition coefficient (Wildman–Crippen LogP) is 5.86. The number of carbonyl (C=O) groups is 12. The molecule has 6 aliphatic carbocycles. The third kappa shape index (κ3) is 20.5. The zero-order valence-corrected chi connectivity index (χ0v) is 66.7. The summed E-state index contributed by atoms with van der Waals surface area (Å²) < 4.78 is 41.9. The molecule has 8 fully saturated rings. The minimum atomic E-state index is -2.93. The average Bonchev–Trinajstić information content (AvgIpc) is 0.790. The van der Waals surface area contributed by atoms with Gasteiger partial charge >= 0.3 is 0 Å². The number of hydrogen-bond acceptors (Lipinski definition) is 14. The van der Waals surface area contributed by atoms with E-state index in [4.69, 9.17) is 32.7 Å². The fourth-order valence-corrected chi connectivity index (χ4v) is 18.4. The maximum Gasteiger partial charge on any atom is 0.248 e. The molecule has 30 heteroatoms. The second-order valence-electron chi connectivity index (χ2n) is 33.7. The summed E-state index contributed by atoms with van der Waals surface area (Å²) in [6, 6.07) is -10.8. The first kappa shape index (κ1) is 84.8. The van der Waals surface area contributed by atoms with Crippen molar-refractivity contribution in [3.05, 3.63) is 12.2 Å². The number of ether oxygens (including phenoxy) is 2. The highest BCUT2D eigenvalue weighted by Crippen LogP contribution is 2.50. The van der Waals surface area contributed by atoms with Crippen LogP contribution < -0.4 is 16.0 Å². The Morgan fingerprint density at radius 2 is 1.34 bits per heavy atom. The van der Waals surface area contributed by atoms with E-state index in [9.17, 15) is 32.8 Å². The number of methoxy groups -OCH3 is 1. The summed E-state index contributed by atoms with van der Waals surface area (Å²) in [5.74, 6) is -12.3.